The van der Waals surface area contributed by atoms with Crippen LogP contribution in [0, 0.1) is 5.82 Å². The molecule has 1 aromatic carbocycles. The van der Waals surface area contributed by atoms with Crippen molar-refractivity contribution in [2.24, 2.45) is 0 Å². The van der Waals surface area contributed by atoms with Crippen molar-refractivity contribution in [3.8, 4) is 17.1 Å². The summed E-state index contributed by atoms with van der Waals surface area (Å²) in [6, 6.07) is 10.1. The second-order valence-corrected chi connectivity index (χ2v) is 8.26. The van der Waals surface area contributed by atoms with Gasteiger partial charge in [-0.3, -0.25) is 15.1 Å². The Morgan fingerprint density at radius 3 is 2.53 bits per heavy atom. The van der Waals surface area contributed by atoms with Crippen LogP contribution in [0.4, 0.5) is 10.4 Å². The Balaban J connectivity index is 1.54. The molecule has 30 heavy (non-hydrogen) atoms. The molecule has 3 aromatic heterocycles. The molecule has 4 rings (SSSR count). The van der Waals surface area contributed by atoms with Gasteiger partial charge in [0.05, 0.1) is 28.7 Å². The zero-order chi connectivity index (χ0) is 21.3. The monoisotopic (exact) mass is 427 g/mol. The highest BCUT2D eigenvalue weighted by Gasteiger charge is 2.17. The number of hydrogen-bond donors (Lipinski definition) is 1. The van der Waals surface area contributed by atoms with Gasteiger partial charge in [-0.05, 0) is 42.5 Å². The highest BCUT2D eigenvalue weighted by atomic mass is 32.2. The number of nitrogens with one attached hydrogen (secondary N) is 1. The Morgan fingerprint density at radius 1 is 1.10 bits per heavy atom. The number of nitrogens with zero attached hydrogens (tertiary/aromatic N) is 4. The quantitative estimate of drug-likeness (QED) is 0.520. The minimum atomic E-state index is -3.33. The van der Waals surface area contributed by atoms with Gasteiger partial charge in [-0.1, -0.05) is 0 Å². The number of halogens is 1. The van der Waals surface area contributed by atoms with E-state index in [-0.39, 0.29) is 16.6 Å². The van der Waals surface area contributed by atoms with Gasteiger partial charge in [0, 0.05) is 6.26 Å². The highest BCUT2D eigenvalue weighted by molar-refractivity contribution is 7.90. The molecule has 0 bridgehead atoms. The maximum Gasteiger partial charge on any atom is 0.302 e. The van der Waals surface area contributed by atoms with E-state index in [9.17, 15) is 17.6 Å². The van der Waals surface area contributed by atoms with Crippen LogP contribution in [-0.4, -0.2) is 40.3 Å². The molecule has 0 saturated heterocycles. The fourth-order valence-electron chi connectivity index (χ4n) is 2.65. The summed E-state index contributed by atoms with van der Waals surface area (Å²) in [5.74, 6) is -1.02. The lowest BCUT2D eigenvalue weighted by Crippen LogP contribution is -2.17. The van der Waals surface area contributed by atoms with E-state index in [1.807, 2.05) is 0 Å². The topological polar surface area (TPSA) is 120 Å². The summed E-state index contributed by atoms with van der Waals surface area (Å²) in [5, 5.41) is 6.63. The molecule has 0 spiro atoms. The second kappa shape index (κ2) is 7.52. The van der Waals surface area contributed by atoms with E-state index in [0.29, 0.717) is 17.1 Å². The summed E-state index contributed by atoms with van der Waals surface area (Å²) in [5.41, 5.74) is 1.40. The lowest BCUT2D eigenvalue weighted by molar-refractivity contribution is 0.101. The number of rotatable bonds is 5. The van der Waals surface area contributed by atoms with Crippen LogP contribution < -0.4 is 5.32 Å². The molecule has 0 saturated carbocycles. The van der Waals surface area contributed by atoms with Crippen molar-refractivity contribution >= 4 is 21.8 Å². The summed E-state index contributed by atoms with van der Waals surface area (Å²) < 4.78 is 42.8. The fraction of sp³-hybridized carbons (Fsp3) is 0.0526. The van der Waals surface area contributed by atoms with Crippen molar-refractivity contribution in [3.63, 3.8) is 0 Å². The van der Waals surface area contributed by atoms with Crippen LogP contribution >= 0.6 is 0 Å². The maximum absolute atomic E-state index is 13.0. The Morgan fingerprint density at radius 2 is 1.87 bits per heavy atom. The van der Waals surface area contributed by atoms with Crippen molar-refractivity contribution < 1.29 is 22.0 Å². The van der Waals surface area contributed by atoms with Crippen LogP contribution in [0.2, 0.25) is 0 Å². The van der Waals surface area contributed by atoms with E-state index >= 15 is 0 Å². The molecule has 9 nitrogen and oxygen atoms in total. The number of amides is 1. The van der Waals surface area contributed by atoms with Gasteiger partial charge in [-0.25, -0.2) is 17.5 Å². The molecule has 0 radical (unpaired) electrons. The zero-order valence-electron chi connectivity index (χ0n) is 15.5. The average Bonchev–Trinajstić information content (AvgIpc) is 3.38. The maximum atomic E-state index is 13.0. The molecule has 0 aliphatic heterocycles. The average molecular weight is 427 g/mol. The summed E-state index contributed by atoms with van der Waals surface area (Å²) in [4.78, 5) is 20.8. The normalized spacial score (nSPS) is 11.4. The van der Waals surface area contributed by atoms with Gasteiger partial charge in [0.1, 0.15) is 23.5 Å². The number of sulfone groups is 1. The molecular formula is C19H14FN5O4S. The van der Waals surface area contributed by atoms with Crippen LogP contribution in [0.5, 0.6) is 0 Å². The SMILES string of the molecule is CS(=O)(=O)c1ccc(-n2nccc2C(=O)Nc2nc(-c3ccc(F)cn3)co2)cc1. The number of carbonyl (C=O) groups excluding carboxylic acids is 1. The third kappa shape index (κ3) is 3.96. The third-order valence-electron chi connectivity index (χ3n) is 4.10. The summed E-state index contributed by atoms with van der Waals surface area (Å²) >= 11 is 0. The van der Waals surface area contributed by atoms with E-state index < -0.39 is 21.6 Å². The number of carbonyl (C=O) groups is 1. The molecule has 3 heterocycles. The second-order valence-electron chi connectivity index (χ2n) is 6.25. The van der Waals surface area contributed by atoms with Crippen LogP contribution in [0.25, 0.3) is 17.1 Å². The van der Waals surface area contributed by atoms with Crippen molar-refractivity contribution in [2.75, 3.05) is 11.6 Å². The number of oxazole rings is 1. The molecule has 11 heteroatoms. The first-order valence-electron chi connectivity index (χ1n) is 8.54. The number of aromatic nitrogens is 4. The smallest absolute Gasteiger partial charge is 0.302 e. The molecule has 1 N–H and O–H groups in total. The van der Waals surface area contributed by atoms with Gasteiger partial charge in [-0.2, -0.15) is 10.1 Å². The Hall–Kier alpha value is -3.86. The minimum Gasteiger partial charge on any atom is -0.431 e. The van der Waals surface area contributed by atoms with Crippen LogP contribution in [0.3, 0.4) is 0 Å². The van der Waals surface area contributed by atoms with Gasteiger partial charge in [0.2, 0.25) is 0 Å². The van der Waals surface area contributed by atoms with Crippen molar-refractivity contribution in [3.05, 3.63) is 72.6 Å². The fourth-order valence-corrected chi connectivity index (χ4v) is 3.28. The van der Waals surface area contributed by atoms with E-state index in [1.54, 1.807) is 12.1 Å². The third-order valence-corrected chi connectivity index (χ3v) is 5.23. The summed E-state index contributed by atoms with van der Waals surface area (Å²) in [7, 11) is -3.33. The van der Waals surface area contributed by atoms with Gasteiger partial charge in [0.25, 0.3) is 5.91 Å². The molecule has 0 fully saturated rings. The van der Waals surface area contributed by atoms with E-state index in [2.05, 4.69) is 20.4 Å². The lowest BCUT2D eigenvalue weighted by Gasteiger charge is -2.07. The Labute approximate surface area is 170 Å². The van der Waals surface area contributed by atoms with Gasteiger partial charge < -0.3 is 4.42 Å². The number of anilines is 1. The predicted octanol–water partition coefficient (Wildman–Crippen LogP) is 2.72. The van der Waals surface area contributed by atoms with E-state index in [0.717, 1.165) is 12.5 Å². The number of benzene rings is 1. The Bertz CT molecular complexity index is 1310. The van der Waals surface area contributed by atoms with Crippen LogP contribution in [0.1, 0.15) is 10.5 Å². The van der Waals surface area contributed by atoms with Gasteiger partial charge in [0.15, 0.2) is 9.84 Å². The van der Waals surface area contributed by atoms with Crippen molar-refractivity contribution in [2.45, 2.75) is 4.90 Å². The molecular weight excluding hydrogens is 413 g/mol. The molecule has 1 amide bonds. The zero-order valence-corrected chi connectivity index (χ0v) is 16.3. The molecule has 0 unspecified atom stereocenters. The summed E-state index contributed by atoms with van der Waals surface area (Å²) in [6.07, 6.45) is 4.89. The first kappa shape index (κ1) is 19.5. The molecule has 0 atom stereocenters. The standard InChI is InChI=1S/C19H14FN5O4S/c1-30(27,28)14-5-3-13(4-6-14)25-17(8-9-22-25)18(26)24-19-23-16(11-29-19)15-7-2-12(20)10-21-15/h2-11H,1H3,(H,23,24,26). The van der Waals surface area contributed by atoms with Gasteiger partial charge in [-0.15, -0.1) is 0 Å². The Kier molecular flexibility index (Phi) is 4.88. The summed E-state index contributed by atoms with van der Waals surface area (Å²) in [6.45, 7) is 0. The first-order chi connectivity index (χ1) is 14.3. The molecule has 0 aliphatic carbocycles. The van der Waals surface area contributed by atoms with E-state index in [4.69, 9.17) is 4.42 Å². The van der Waals surface area contributed by atoms with Crippen molar-refractivity contribution in [1.82, 2.24) is 19.7 Å². The predicted molar refractivity (Wildman–Crippen MR) is 104 cm³/mol. The number of hydrogen-bond acceptors (Lipinski definition) is 7. The highest BCUT2D eigenvalue weighted by Crippen LogP contribution is 2.20. The van der Waals surface area contributed by atoms with Crippen LogP contribution in [-0.2, 0) is 9.84 Å². The first-order valence-corrected chi connectivity index (χ1v) is 10.4. The lowest BCUT2D eigenvalue weighted by atomic mass is 10.3. The van der Waals surface area contributed by atoms with Crippen molar-refractivity contribution in [1.29, 1.82) is 0 Å². The largest absolute Gasteiger partial charge is 0.431 e. The molecule has 4 aromatic rings. The van der Waals surface area contributed by atoms with E-state index in [1.165, 1.54) is 47.5 Å². The molecule has 152 valence electrons. The van der Waals surface area contributed by atoms with Gasteiger partial charge >= 0.3 is 6.01 Å². The van der Waals surface area contributed by atoms with Crippen LogP contribution in [0.15, 0.2) is 70.4 Å². The number of pyridine rings is 1. The minimum absolute atomic E-state index is 0.0682. The molecule has 0 aliphatic rings.